The summed E-state index contributed by atoms with van der Waals surface area (Å²) in [6, 6.07) is 7.68. The number of nitrogens with one attached hydrogen (secondary N) is 2. The van der Waals surface area contributed by atoms with Crippen LogP contribution in [0.15, 0.2) is 71.1 Å². The monoisotopic (exact) mass is 377 g/mol. The van der Waals surface area contributed by atoms with E-state index in [2.05, 4.69) is 28.2 Å². The summed E-state index contributed by atoms with van der Waals surface area (Å²) in [5.74, 6) is 0.0286. The topological polar surface area (TPSA) is 70.6 Å². The van der Waals surface area contributed by atoms with Crippen molar-refractivity contribution in [1.29, 1.82) is 0 Å². The van der Waals surface area contributed by atoms with Gasteiger partial charge >= 0.3 is 0 Å². The van der Waals surface area contributed by atoms with Crippen LogP contribution in [0.5, 0.6) is 0 Å². The quantitative estimate of drug-likeness (QED) is 0.330. The van der Waals surface area contributed by atoms with Gasteiger partial charge in [0.1, 0.15) is 0 Å². The molecule has 1 unspecified atom stereocenters. The molecule has 1 aliphatic heterocycles. The summed E-state index contributed by atoms with van der Waals surface area (Å²) in [4.78, 5) is 26.5. The minimum absolute atomic E-state index is 0.345. The summed E-state index contributed by atoms with van der Waals surface area (Å²) >= 11 is 6.84. The summed E-state index contributed by atoms with van der Waals surface area (Å²) in [6.07, 6.45) is 5.67. The maximum absolute atomic E-state index is 11.0. The number of allylic oxidation sites excluding steroid dienone is 3. The number of fused-ring (bicyclic) bond motifs is 1. The van der Waals surface area contributed by atoms with Crippen molar-refractivity contribution in [2.45, 2.75) is 4.90 Å². The van der Waals surface area contributed by atoms with Crippen LogP contribution in [-0.2, 0) is 9.59 Å². The first-order valence-electron chi connectivity index (χ1n) is 7.42. The molecule has 2 N–H and O–H groups in total. The summed E-state index contributed by atoms with van der Waals surface area (Å²) in [5, 5.41) is 2.51. The van der Waals surface area contributed by atoms with Crippen LogP contribution in [-0.4, -0.2) is 31.0 Å². The van der Waals surface area contributed by atoms with Gasteiger partial charge in [-0.3, -0.25) is 9.59 Å². The molecule has 7 heteroatoms. The Hall–Kier alpha value is -2.15. The predicted octanol–water partition coefficient (Wildman–Crippen LogP) is 3.41. The van der Waals surface area contributed by atoms with Crippen molar-refractivity contribution < 1.29 is 9.59 Å². The lowest BCUT2D eigenvalue weighted by Gasteiger charge is -2.12. The van der Waals surface area contributed by atoms with E-state index in [4.69, 9.17) is 11.6 Å². The molecule has 0 saturated carbocycles. The zero-order valence-electron chi connectivity index (χ0n) is 13.9. The minimum atomic E-state index is -0.387. The summed E-state index contributed by atoms with van der Waals surface area (Å²) in [7, 11) is 1.77. The van der Waals surface area contributed by atoms with E-state index < -0.39 is 0 Å². The van der Waals surface area contributed by atoms with E-state index in [0.29, 0.717) is 18.7 Å². The highest BCUT2D eigenvalue weighted by atomic mass is 35.5. The first-order chi connectivity index (χ1) is 12.1. The van der Waals surface area contributed by atoms with Gasteiger partial charge in [-0.15, -0.1) is 0 Å². The molecule has 0 fully saturated rings. The molecule has 0 spiro atoms. The molecule has 0 saturated heterocycles. The SMILES string of the molecule is C=C/C=C(\C=C)C(CNC)C(=O)Cl.O=CC1=Nc2ccccc2SN1. The zero-order chi connectivity index (χ0) is 18.7. The number of aldehydes is 1. The highest BCUT2D eigenvalue weighted by molar-refractivity contribution is 7.98. The molecule has 5 nitrogen and oxygen atoms in total. The highest BCUT2D eigenvalue weighted by Gasteiger charge is 2.17. The Morgan fingerprint density at radius 1 is 1.44 bits per heavy atom. The lowest BCUT2D eigenvalue weighted by Crippen LogP contribution is -2.24. The molecule has 0 radical (unpaired) electrons. The van der Waals surface area contributed by atoms with Gasteiger partial charge < -0.3 is 10.0 Å². The Morgan fingerprint density at radius 3 is 2.72 bits per heavy atom. The van der Waals surface area contributed by atoms with Crippen molar-refractivity contribution in [2.75, 3.05) is 13.6 Å². The standard InChI is InChI=1S/C10H14ClNO.C8H6N2OS/c1-4-6-8(5-2)9(7-12-3)10(11)13;11-5-8-9-6-3-1-2-4-7(6)12-10-8/h4-6,9,12H,1-2,7H2,3H3;1-5H,(H,9,10)/b8-6+;. The maximum Gasteiger partial charge on any atom is 0.230 e. The number of para-hydroxylation sites is 1. The van der Waals surface area contributed by atoms with E-state index in [0.717, 1.165) is 16.2 Å². The molecule has 1 aliphatic rings. The summed E-state index contributed by atoms with van der Waals surface area (Å²) in [6.45, 7) is 7.67. The number of carbonyl (C=O) groups is 2. The second-order valence-electron chi connectivity index (χ2n) is 4.81. The number of amidine groups is 1. The zero-order valence-corrected chi connectivity index (χ0v) is 15.4. The summed E-state index contributed by atoms with van der Waals surface area (Å²) in [5.41, 5.74) is 1.63. The third-order valence-electron chi connectivity index (χ3n) is 3.11. The molecule has 1 aromatic carbocycles. The van der Waals surface area contributed by atoms with Gasteiger partial charge in [-0.2, -0.15) is 0 Å². The fourth-order valence-electron chi connectivity index (χ4n) is 1.94. The van der Waals surface area contributed by atoms with Crippen LogP contribution in [0.25, 0.3) is 0 Å². The summed E-state index contributed by atoms with van der Waals surface area (Å²) < 4.78 is 2.82. The van der Waals surface area contributed by atoms with Crippen molar-refractivity contribution in [1.82, 2.24) is 10.0 Å². The maximum atomic E-state index is 11.0. The van der Waals surface area contributed by atoms with Crippen LogP contribution in [0.2, 0.25) is 0 Å². The normalized spacial score (nSPS) is 13.8. The second kappa shape index (κ2) is 11.4. The van der Waals surface area contributed by atoms with Gasteiger partial charge in [-0.25, -0.2) is 4.99 Å². The Bertz CT molecular complexity index is 701. The van der Waals surface area contributed by atoms with Gasteiger partial charge in [0.05, 0.1) is 16.5 Å². The Kier molecular flexibility index (Phi) is 9.54. The van der Waals surface area contributed by atoms with Gasteiger partial charge in [0.25, 0.3) is 0 Å². The van der Waals surface area contributed by atoms with Crippen LogP contribution >= 0.6 is 23.5 Å². The molecular weight excluding hydrogens is 358 g/mol. The lowest BCUT2D eigenvalue weighted by atomic mass is 10.00. The molecule has 0 amide bonds. The molecule has 132 valence electrons. The molecular formula is C18H20ClN3O2S. The number of halogens is 1. The van der Waals surface area contributed by atoms with E-state index in [1.165, 1.54) is 11.9 Å². The average molecular weight is 378 g/mol. The third kappa shape index (κ3) is 6.70. The van der Waals surface area contributed by atoms with Crippen LogP contribution in [0, 0.1) is 5.92 Å². The molecule has 0 bridgehead atoms. The molecule has 1 heterocycles. The van der Waals surface area contributed by atoms with E-state index in [1.54, 1.807) is 25.3 Å². The number of hydrogen-bond donors (Lipinski definition) is 2. The third-order valence-corrected chi connectivity index (χ3v) is 4.25. The second-order valence-corrected chi connectivity index (χ2v) is 6.03. The van der Waals surface area contributed by atoms with Crippen molar-refractivity contribution in [3.8, 4) is 0 Å². The van der Waals surface area contributed by atoms with Crippen LogP contribution in [0.3, 0.4) is 0 Å². The predicted molar refractivity (Wildman–Crippen MR) is 105 cm³/mol. The number of hydrogen-bond acceptors (Lipinski definition) is 6. The Morgan fingerprint density at radius 2 is 2.16 bits per heavy atom. The van der Waals surface area contributed by atoms with Gasteiger partial charge in [-0.05, 0) is 48.3 Å². The Labute approximate surface area is 157 Å². The van der Waals surface area contributed by atoms with E-state index >= 15 is 0 Å². The van der Waals surface area contributed by atoms with Gasteiger partial charge in [-0.1, -0.05) is 43.5 Å². The first kappa shape index (κ1) is 20.9. The van der Waals surface area contributed by atoms with Crippen LogP contribution < -0.4 is 10.0 Å². The number of rotatable bonds is 7. The van der Waals surface area contributed by atoms with Crippen molar-refractivity contribution in [3.05, 3.63) is 61.2 Å². The van der Waals surface area contributed by atoms with E-state index in [1.807, 2.05) is 24.3 Å². The van der Waals surface area contributed by atoms with E-state index in [9.17, 15) is 9.59 Å². The van der Waals surface area contributed by atoms with Crippen molar-refractivity contribution >= 4 is 46.6 Å². The van der Waals surface area contributed by atoms with Crippen molar-refractivity contribution in [2.24, 2.45) is 10.9 Å². The van der Waals surface area contributed by atoms with Gasteiger partial charge in [0.15, 0.2) is 12.1 Å². The lowest BCUT2D eigenvalue weighted by molar-refractivity contribution is -0.114. The molecule has 25 heavy (non-hydrogen) atoms. The fourth-order valence-corrected chi connectivity index (χ4v) is 2.82. The smallest absolute Gasteiger partial charge is 0.230 e. The molecule has 0 aromatic heterocycles. The number of benzene rings is 1. The first-order valence-corrected chi connectivity index (χ1v) is 8.61. The molecule has 1 aromatic rings. The number of aliphatic imine (C=N–C) groups is 1. The Balaban J connectivity index is 0.000000250. The van der Waals surface area contributed by atoms with Gasteiger partial charge in [0.2, 0.25) is 5.24 Å². The number of nitrogens with zero attached hydrogens (tertiary/aromatic N) is 1. The number of carbonyl (C=O) groups excluding carboxylic acids is 2. The molecule has 0 aliphatic carbocycles. The van der Waals surface area contributed by atoms with Crippen molar-refractivity contribution in [3.63, 3.8) is 0 Å². The largest absolute Gasteiger partial charge is 0.319 e. The van der Waals surface area contributed by atoms with Crippen LogP contribution in [0.1, 0.15) is 0 Å². The van der Waals surface area contributed by atoms with Gasteiger partial charge in [0, 0.05) is 6.54 Å². The van der Waals surface area contributed by atoms with Crippen LogP contribution in [0.4, 0.5) is 5.69 Å². The minimum Gasteiger partial charge on any atom is -0.319 e. The molecule has 2 rings (SSSR count). The highest BCUT2D eigenvalue weighted by Crippen LogP contribution is 2.30. The average Bonchev–Trinajstić information content (AvgIpc) is 2.64. The molecule has 1 atom stereocenters. The van der Waals surface area contributed by atoms with E-state index in [-0.39, 0.29) is 11.2 Å². The fraction of sp³-hybridized carbons (Fsp3) is 0.167.